The Morgan fingerprint density at radius 1 is 1.33 bits per heavy atom. The number of hydrogen-bond donors (Lipinski definition) is 0. The number of aryl methyl sites for hydroxylation is 1. The Bertz CT molecular complexity index is 481. The Kier molecular flexibility index (Phi) is 2.37. The highest BCUT2D eigenvalue weighted by molar-refractivity contribution is 5.61. The second kappa shape index (κ2) is 3.68. The third-order valence-corrected chi connectivity index (χ3v) is 2.04. The topological polar surface area (TPSA) is 39.9 Å². The molecule has 0 fully saturated rings. The van der Waals surface area contributed by atoms with Gasteiger partial charge in [-0.2, -0.15) is 5.10 Å². The Balaban J connectivity index is 2.42. The fourth-order valence-corrected chi connectivity index (χ4v) is 1.30. The minimum atomic E-state index is -0.473. The molecule has 0 spiro atoms. The second-order valence-electron chi connectivity index (χ2n) is 3.12. The lowest BCUT2D eigenvalue weighted by Crippen LogP contribution is -1.92. The van der Waals surface area contributed by atoms with Crippen LogP contribution in [-0.2, 0) is 7.05 Å². The van der Waals surface area contributed by atoms with Crippen molar-refractivity contribution in [3.05, 3.63) is 30.5 Å². The van der Waals surface area contributed by atoms with Gasteiger partial charge in [0, 0.05) is 30.6 Å². The summed E-state index contributed by atoms with van der Waals surface area (Å²) in [6.07, 6.45) is 5.00. The maximum atomic E-state index is 13.3. The molecule has 4 nitrogen and oxygen atoms in total. The van der Waals surface area contributed by atoms with Gasteiger partial charge in [-0.3, -0.25) is 4.68 Å². The van der Waals surface area contributed by atoms with Crippen LogP contribution >= 0.6 is 0 Å². The van der Waals surface area contributed by atoms with Gasteiger partial charge in [0.1, 0.15) is 0 Å². The highest BCUT2D eigenvalue weighted by Crippen LogP contribution is 2.22. The van der Waals surface area contributed by atoms with Gasteiger partial charge >= 0.3 is 0 Å². The first-order valence-electron chi connectivity index (χ1n) is 4.39. The van der Waals surface area contributed by atoms with E-state index < -0.39 is 5.82 Å². The molecule has 2 aromatic heterocycles. The van der Waals surface area contributed by atoms with Crippen molar-refractivity contribution >= 4 is 0 Å². The molecule has 0 radical (unpaired) electrons. The smallest absolute Gasteiger partial charge is 0.250 e. The van der Waals surface area contributed by atoms with Crippen LogP contribution in [-0.4, -0.2) is 21.9 Å². The molecule has 0 bridgehead atoms. The number of aromatic nitrogens is 3. The summed E-state index contributed by atoms with van der Waals surface area (Å²) in [5.74, 6) is -0.471. The van der Waals surface area contributed by atoms with E-state index in [0.29, 0.717) is 5.56 Å². The molecule has 0 N–H and O–H groups in total. The van der Waals surface area contributed by atoms with Gasteiger partial charge in [0.05, 0.1) is 13.3 Å². The molecule has 0 saturated heterocycles. The molecule has 0 aliphatic carbocycles. The first kappa shape index (κ1) is 9.64. The summed E-state index contributed by atoms with van der Waals surface area (Å²) in [4.78, 5) is 3.85. The summed E-state index contributed by atoms with van der Waals surface area (Å²) in [6.45, 7) is 0. The van der Waals surface area contributed by atoms with Crippen LogP contribution in [0.15, 0.2) is 24.7 Å². The van der Waals surface area contributed by atoms with Crippen molar-refractivity contribution in [3.63, 3.8) is 0 Å². The molecule has 0 saturated carbocycles. The minimum absolute atomic E-state index is 0.00244. The quantitative estimate of drug-likeness (QED) is 0.751. The minimum Gasteiger partial charge on any atom is -0.479 e. The molecule has 0 aliphatic heterocycles. The number of methoxy groups -OCH3 is 1. The van der Waals surface area contributed by atoms with Crippen molar-refractivity contribution in [2.75, 3.05) is 7.11 Å². The van der Waals surface area contributed by atoms with Crippen molar-refractivity contribution in [3.8, 4) is 17.0 Å². The van der Waals surface area contributed by atoms with Crippen LogP contribution in [0, 0.1) is 5.82 Å². The number of hydrogen-bond acceptors (Lipinski definition) is 3. The Morgan fingerprint density at radius 3 is 2.67 bits per heavy atom. The zero-order valence-electron chi connectivity index (χ0n) is 8.44. The number of nitrogens with zero attached hydrogens (tertiary/aromatic N) is 3. The molecule has 0 unspecified atom stereocenters. The normalized spacial score (nSPS) is 10.3. The van der Waals surface area contributed by atoms with Crippen LogP contribution in [0.2, 0.25) is 0 Å². The van der Waals surface area contributed by atoms with E-state index in [1.165, 1.54) is 13.2 Å². The molecule has 0 aliphatic rings. The first-order chi connectivity index (χ1) is 7.20. The largest absolute Gasteiger partial charge is 0.479 e. The SMILES string of the molecule is COc1ncc(-c2cnn(C)c2)cc1F. The third kappa shape index (κ3) is 1.81. The van der Waals surface area contributed by atoms with Crippen molar-refractivity contribution < 1.29 is 9.13 Å². The van der Waals surface area contributed by atoms with Crippen LogP contribution < -0.4 is 4.74 Å². The Morgan fingerprint density at radius 2 is 2.13 bits per heavy atom. The number of ether oxygens (including phenoxy) is 1. The van der Waals surface area contributed by atoms with E-state index in [4.69, 9.17) is 4.74 Å². The van der Waals surface area contributed by atoms with Crippen LogP contribution in [0.3, 0.4) is 0 Å². The van der Waals surface area contributed by atoms with Crippen LogP contribution in [0.25, 0.3) is 11.1 Å². The van der Waals surface area contributed by atoms with Crippen LogP contribution in [0.5, 0.6) is 5.88 Å². The molecular formula is C10H10FN3O. The fourth-order valence-electron chi connectivity index (χ4n) is 1.30. The van der Waals surface area contributed by atoms with E-state index in [0.717, 1.165) is 5.56 Å². The molecule has 2 rings (SSSR count). The molecule has 5 heteroatoms. The van der Waals surface area contributed by atoms with E-state index >= 15 is 0 Å². The molecule has 0 amide bonds. The zero-order valence-corrected chi connectivity index (χ0v) is 8.44. The lowest BCUT2D eigenvalue weighted by atomic mass is 10.2. The summed E-state index contributed by atoms with van der Waals surface area (Å²) in [5.41, 5.74) is 1.51. The summed E-state index contributed by atoms with van der Waals surface area (Å²) in [6, 6.07) is 1.38. The lowest BCUT2D eigenvalue weighted by molar-refractivity contribution is 0.369. The van der Waals surface area contributed by atoms with E-state index in [9.17, 15) is 4.39 Å². The highest BCUT2D eigenvalue weighted by Gasteiger charge is 2.07. The van der Waals surface area contributed by atoms with Crippen molar-refractivity contribution in [1.82, 2.24) is 14.8 Å². The standard InChI is InChI=1S/C10H10FN3O/c1-14-6-8(5-13-14)7-3-9(11)10(15-2)12-4-7/h3-6H,1-2H3. The predicted molar refractivity (Wildman–Crippen MR) is 52.9 cm³/mol. The van der Waals surface area contributed by atoms with Gasteiger partial charge in [-0.15, -0.1) is 0 Å². The van der Waals surface area contributed by atoms with E-state index in [-0.39, 0.29) is 5.88 Å². The molecule has 2 aromatic rings. The van der Waals surface area contributed by atoms with Crippen molar-refractivity contribution in [2.24, 2.45) is 7.05 Å². The average Bonchev–Trinajstić information content (AvgIpc) is 2.65. The highest BCUT2D eigenvalue weighted by atomic mass is 19.1. The third-order valence-electron chi connectivity index (χ3n) is 2.04. The van der Waals surface area contributed by atoms with E-state index in [1.807, 2.05) is 0 Å². The summed E-state index contributed by atoms with van der Waals surface area (Å²) in [7, 11) is 3.19. The fraction of sp³-hybridized carbons (Fsp3) is 0.200. The van der Waals surface area contributed by atoms with Crippen molar-refractivity contribution in [2.45, 2.75) is 0 Å². The van der Waals surface area contributed by atoms with Gasteiger partial charge in [-0.25, -0.2) is 9.37 Å². The van der Waals surface area contributed by atoms with E-state index in [2.05, 4.69) is 10.1 Å². The van der Waals surface area contributed by atoms with Gasteiger partial charge in [-0.1, -0.05) is 0 Å². The molecule has 0 aromatic carbocycles. The maximum Gasteiger partial charge on any atom is 0.250 e. The van der Waals surface area contributed by atoms with Gasteiger partial charge in [0.25, 0.3) is 0 Å². The monoisotopic (exact) mass is 207 g/mol. The van der Waals surface area contributed by atoms with Gasteiger partial charge in [0.2, 0.25) is 5.88 Å². The summed E-state index contributed by atoms with van der Waals surface area (Å²) >= 11 is 0. The number of halogens is 1. The van der Waals surface area contributed by atoms with Crippen molar-refractivity contribution in [1.29, 1.82) is 0 Å². The first-order valence-corrected chi connectivity index (χ1v) is 4.39. The second-order valence-corrected chi connectivity index (χ2v) is 3.12. The van der Waals surface area contributed by atoms with E-state index in [1.54, 1.807) is 30.3 Å². The summed E-state index contributed by atoms with van der Waals surface area (Å²) in [5, 5.41) is 4.00. The average molecular weight is 207 g/mol. The van der Waals surface area contributed by atoms with Gasteiger partial charge in [0.15, 0.2) is 5.82 Å². The van der Waals surface area contributed by atoms with Crippen LogP contribution in [0.1, 0.15) is 0 Å². The number of pyridine rings is 1. The number of rotatable bonds is 2. The molecule has 0 atom stereocenters. The molecule has 15 heavy (non-hydrogen) atoms. The Hall–Kier alpha value is -1.91. The Labute approximate surface area is 86.3 Å². The lowest BCUT2D eigenvalue weighted by Gasteiger charge is -2.01. The molecular weight excluding hydrogens is 197 g/mol. The van der Waals surface area contributed by atoms with Gasteiger partial charge < -0.3 is 4.74 Å². The maximum absolute atomic E-state index is 13.3. The molecule has 2 heterocycles. The van der Waals surface area contributed by atoms with Gasteiger partial charge in [-0.05, 0) is 6.07 Å². The predicted octanol–water partition coefficient (Wildman–Crippen LogP) is 1.63. The zero-order chi connectivity index (χ0) is 10.8. The summed E-state index contributed by atoms with van der Waals surface area (Å²) < 4.78 is 19.7. The van der Waals surface area contributed by atoms with Crippen LogP contribution in [0.4, 0.5) is 4.39 Å². The molecule has 78 valence electrons.